The Kier molecular flexibility index (Phi) is 4.96. The molecule has 0 radical (unpaired) electrons. The minimum absolute atomic E-state index is 0.0236. The lowest BCUT2D eigenvalue weighted by atomic mass is 9.79. The average Bonchev–Trinajstić information content (AvgIpc) is 3.12. The lowest BCUT2D eigenvalue weighted by molar-refractivity contribution is -0.138. The lowest BCUT2D eigenvalue weighted by Gasteiger charge is -2.25. The molecule has 162 valence electrons. The molecule has 0 fully saturated rings. The van der Waals surface area contributed by atoms with Gasteiger partial charge in [0.1, 0.15) is 17.8 Å². The van der Waals surface area contributed by atoms with Gasteiger partial charge in [0.25, 0.3) is 10.0 Å². The highest BCUT2D eigenvalue weighted by Gasteiger charge is 2.50. The van der Waals surface area contributed by atoms with Gasteiger partial charge < -0.3 is 4.74 Å². The summed E-state index contributed by atoms with van der Waals surface area (Å²) in [5, 5.41) is 1.10. The molecule has 4 rings (SSSR count). The molecule has 1 unspecified atom stereocenters. The van der Waals surface area contributed by atoms with E-state index in [0.29, 0.717) is 10.8 Å². The Morgan fingerprint density at radius 1 is 1.06 bits per heavy atom. The molecule has 0 aliphatic carbocycles. The molecule has 1 N–H and O–H groups in total. The van der Waals surface area contributed by atoms with Crippen LogP contribution in [0.2, 0.25) is 0 Å². The minimum Gasteiger partial charge on any atom is -0.491 e. The van der Waals surface area contributed by atoms with E-state index in [2.05, 4.69) is 4.72 Å². The predicted octanol–water partition coefficient (Wildman–Crippen LogP) is 4.40. The highest BCUT2D eigenvalue weighted by atomic mass is 32.2. The Balaban J connectivity index is 1.75. The van der Waals surface area contributed by atoms with E-state index in [1.54, 1.807) is 43.3 Å². The van der Waals surface area contributed by atoms with Crippen LogP contribution in [0.25, 0.3) is 10.8 Å². The Morgan fingerprint density at radius 3 is 2.45 bits per heavy atom. The number of fused-ring (bicyclic) bond motifs is 2. The van der Waals surface area contributed by atoms with Gasteiger partial charge in [-0.3, -0.25) is 4.79 Å². The molecule has 3 aromatic rings. The van der Waals surface area contributed by atoms with Crippen LogP contribution in [-0.2, 0) is 26.4 Å². The number of hydrogen-bond acceptors (Lipinski definition) is 4. The summed E-state index contributed by atoms with van der Waals surface area (Å²) in [6, 6.07) is 14.9. The van der Waals surface area contributed by atoms with Crippen molar-refractivity contribution in [3.8, 4) is 5.75 Å². The number of nitrogens with one attached hydrogen (secondary N) is 1. The van der Waals surface area contributed by atoms with Crippen molar-refractivity contribution in [2.24, 2.45) is 0 Å². The highest BCUT2D eigenvalue weighted by Crippen LogP contribution is 2.48. The number of benzene rings is 3. The van der Waals surface area contributed by atoms with Crippen LogP contribution in [0.15, 0.2) is 65.6 Å². The average molecular weight is 449 g/mol. The summed E-state index contributed by atoms with van der Waals surface area (Å²) in [4.78, 5) is 13.1. The van der Waals surface area contributed by atoms with Gasteiger partial charge in [-0.05, 0) is 23.9 Å². The summed E-state index contributed by atoms with van der Waals surface area (Å²) in [7, 11) is -4.29. The molecule has 9 heteroatoms. The monoisotopic (exact) mass is 449 g/mol. The van der Waals surface area contributed by atoms with Gasteiger partial charge in [0.2, 0.25) is 5.91 Å². The number of sulfonamides is 1. The summed E-state index contributed by atoms with van der Waals surface area (Å²) in [6.45, 7) is 1.21. The van der Waals surface area contributed by atoms with Crippen LogP contribution in [0, 0.1) is 0 Å². The van der Waals surface area contributed by atoms with Crippen LogP contribution in [0.5, 0.6) is 5.75 Å². The number of halogens is 3. The zero-order chi connectivity index (χ0) is 22.4. The number of hydrogen-bond donors (Lipinski definition) is 1. The fraction of sp³-hybridized carbons (Fsp3) is 0.227. The molecular weight excluding hydrogens is 431 g/mol. The van der Waals surface area contributed by atoms with Crippen LogP contribution in [0.3, 0.4) is 0 Å². The Hall–Kier alpha value is -3.07. The second-order valence-electron chi connectivity index (χ2n) is 7.32. The van der Waals surface area contributed by atoms with Crippen molar-refractivity contribution in [3.63, 3.8) is 0 Å². The Morgan fingerprint density at radius 2 is 1.74 bits per heavy atom. The predicted molar refractivity (Wildman–Crippen MR) is 108 cm³/mol. The molecule has 0 saturated carbocycles. The van der Waals surface area contributed by atoms with Gasteiger partial charge >= 0.3 is 6.18 Å². The van der Waals surface area contributed by atoms with Crippen LogP contribution in [0.1, 0.15) is 24.5 Å². The molecule has 1 heterocycles. The standard InChI is InChI=1S/C22H18F3NO4S/c1-2-21(13-30-19-16(21)10-6-11-17(19)22(23,24)25)20(27)26-31(28,29)18-12-5-8-14-7-3-4-9-15(14)18/h3-12H,2,13H2,1H3,(H,26,27). The molecule has 5 nitrogen and oxygen atoms in total. The van der Waals surface area contributed by atoms with E-state index in [-0.39, 0.29) is 23.5 Å². The molecule has 0 saturated heterocycles. The van der Waals surface area contributed by atoms with E-state index in [1.807, 2.05) is 0 Å². The minimum atomic E-state index is -4.67. The molecule has 0 aromatic heterocycles. The fourth-order valence-electron chi connectivity index (χ4n) is 3.91. The van der Waals surface area contributed by atoms with Crippen LogP contribution in [0.4, 0.5) is 13.2 Å². The fourth-order valence-corrected chi connectivity index (χ4v) is 5.19. The second kappa shape index (κ2) is 7.26. The van der Waals surface area contributed by atoms with Gasteiger partial charge in [-0.1, -0.05) is 55.5 Å². The van der Waals surface area contributed by atoms with Crippen LogP contribution < -0.4 is 9.46 Å². The molecule has 3 aromatic carbocycles. The van der Waals surface area contributed by atoms with E-state index < -0.39 is 38.8 Å². The summed E-state index contributed by atoms with van der Waals surface area (Å²) >= 11 is 0. The van der Waals surface area contributed by atoms with Gasteiger partial charge in [0, 0.05) is 10.9 Å². The molecule has 0 bridgehead atoms. The van der Waals surface area contributed by atoms with Crippen molar-refractivity contribution >= 4 is 26.7 Å². The van der Waals surface area contributed by atoms with Crippen molar-refractivity contribution in [1.82, 2.24) is 4.72 Å². The number of alkyl halides is 3. The van der Waals surface area contributed by atoms with Gasteiger partial charge in [-0.25, -0.2) is 13.1 Å². The molecule has 0 spiro atoms. The molecular formula is C22H18F3NO4S. The lowest BCUT2D eigenvalue weighted by Crippen LogP contribution is -2.47. The maximum Gasteiger partial charge on any atom is 0.419 e. The first-order valence-corrected chi connectivity index (χ1v) is 11.0. The topological polar surface area (TPSA) is 72.5 Å². The number of para-hydroxylation sites is 1. The second-order valence-corrected chi connectivity index (χ2v) is 8.97. The molecule has 1 aliphatic heterocycles. The zero-order valence-corrected chi connectivity index (χ0v) is 17.2. The van der Waals surface area contributed by atoms with Crippen molar-refractivity contribution in [3.05, 3.63) is 71.8 Å². The number of rotatable bonds is 4. The van der Waals surface area contributed by atoms with E-state index in [1.165, 1.54) is 18.2 Å². The van der Waals surface area contributed by atoms with Gasteiger partial charge in [-0.15, -0.1) is 0 Å². The Bertz CT molecular complexity index is 1280. The number of amides is 1. The zero-order valence-electron chi connectivity index (χ0n) is 16.4. The summed E-state index contributed by atoms with van der Waals surface area (Å²) in [5.41, 5.74) is -2.53. The molecule has 1 aliphatic rings. The molecule has 1 amide bonds. The number of carbonyl (C=O) groups is 1. The first-order chi connectivity index (χ1) is 14.6. The first kappa shape index (κ1) is 21.2. The third-order valence-corrected chi connectivity index (χ3v) is 6.99. The van der Waals surface area contributed by atoms with Crippen LogP contribution >= 0.6 is 0 Å². The SMILES string of the molecule is CCC1(C(=O)NS(=O)(=O)c2cccc3ccccc23)COc2c(C(F)(F)F)cccc21. The van der Waals surface area contributed by atoms with Gasteiger partial charge in [-0.2, -0.15) is 13.2 Å². The summed E-state index contributed by atoms with van der Waals surface area (Å²) in [5.74, 6) is -1.37. The third kappa shape index (κ3) is 3.42. The normalized spacial score (nSPS) is 18.5. The maximum atomic E-state index is 13.4. The van der Waals surface area contributed by atoms with Crippen molar-refractivity contribution in [2.75, 3.05) is 6.61 Å². The molecule has 1 atom stereocenters. The quantitative estimate of drug-likeness (QED) is 0.641. The van der Waals surface area contributed by atoms with Crippen molar-refractivity contribution in [1.29, 1.82) is 0 Å². The van der Waals surface area contributed by atoms with Crippen LogP contribution in [-0.4, -0.2) is 20.9 Å². The summed E-state index contributed by atoms with van der Waals surface area (Å²) in [6.07, 6.45) is -4.61. The van der Waals surface area contributed by atoms with Gasteiger partial charge in [0.05, 0.1) is 10.5 Å². The van der Waals surface area contributed by atoms with E-state index in [0.717, 1.165) is 6.07 Å². The number of carbonyl (C=O) groups excluding carboxylic acids is 1. The smallest absolute Gasteiger partial charge is 0.419 e. The van der Waals surface area contributed by atoms with E-state index >= 15 is 0 Å². The number of ether oxygens (including phenoxy) is 1. The Labute approximate surface area is 176 Å². The van der Waals surface area contributed by atoms with Gasteiger partial charge in [0.15, 0.2) is 0 Å². The first-order valence-electron chi connectivity index (χ1n) is 9.49. The highest BCUT2D eigenvalue weighted by molar-refractivity contribution is 7.90. The summed E-state index contributed by atoms with van der Waals surface area (Å²) < 4.78 is 73.6. The van der Waals surface area contributed by atoms with E-state index in [9.17, 15) is 26.4 Å². The van der Waals surface area contributed by atoms with Crippen molar-refractivity contribution < 1.29 is 31.1 Å². The third-order valence-electron chi connectivity index (χ3n) is 5.60. The molecule has 31 heavy (non-hydrogen) atoms. The largest absolute Gasteiger partial charge is 0.491 e. The van der Waals surface area contributed by atoms with E-state index in [4.69, 9.17) is 4.74 Å². The maximum absolute atomic E-state index is 13.4. The van der Waals surface area contributed by atoms with Crippen molar-refractivity contribution in [2.45, 2.75) is 29.8 Å².